The van der Waals surface area contributed by atoms with Gasteiger partial charge in [0.15, 0.2) is 0 Å². The number of carbonyl (C=O) groups excluding carboxylic acids is 3. The summed E-state index contributed by atoms with van der Waals surface area (Å²) in [6.07, 6.45) is 5.42. The summed E-state index contributed by atoms with van der Waals surface area (Å²) in [6.45, 7) is 0.883. The molecule has 1 aliphatic heterocycles. The molecule has 4 N–H and O–H groups in total. The number of hydrogen-bond donors (Lipinski definition) is 4. The van der Waals surface area contributed by atoms with E-state index in [9.17, 15) is 22.8 Å². The van der Waals surface area contributed by atoms with Crippen molar-refractivity contribution in [1.29, 1.82) is 0 Å². The lowest BCUT2D eigenvalue weighted by Gasteiger charge is -2.32. The molecule has 3 aromatic rings. The molecule has 4 rings (SSSR count). The molecule has 1 aromatic heterocycles. The van der Waals surface area contributed by atoms with Crippen molar-refractivity contribution >= 4 is 62.3 Å². The molecular formula is C28H31Cl2N7O5S. The van der Waals surface area contributed by atoms with Crippen molar-refractivity contribution in [1.82, 2.24) is 24.7 Å². The van der Waals surface area contributed by atoms with Gasteiger partial charge in [0.2, 0.25) is 15.9 Å². The second-order valence-corrected chi connectivity index (χ2v) is 12.8. The molecule has 0 bridgehead atoms. The van der Waals surface area contributed by atoms with Crippen molar-refractivity contribution in [3.63, 3.8) is 0 Å². The van der Waals surface area contributed by atoms with E-state index in [2.05, 4.69) is 26.1 Å². The Bertz CT molecular complexity index is 1620. The number of piperidine rings is 1. The number of aromatic amines is 1. The Labute approximate surface area is 259 Å². The second-order valence-electron chi connectivity index (χ2n) is 10.1. The minimum absolute atomic E-state index is 0.0143. The van der Waals surface area contributed by atoms with E-state index in [0.717, 1.165) is 0 Å². The van der Waals surface area contributed by atoms with E-state index in [4.69, 9.17) is 23.2 Å². The predicted octanol–water partition coefficient (Wildman–Crippen LogP) is 3.61. The fraction of sp³-hybridized carbons (Fsp3) is 0.286. The van der Waals surface area contributed by atoms with Gasteiger partial charge in [-0.1, -0.05) is 41.4 Å². The Balaban J connectivity index is 1.41. The van der Waals surface area contributed by atoms with E-state index in [0.29, 0.717) is 25.1 Å². The maximum absolute atomic E-state index is 13.5. The van der Waals surface area contributed by atoms with Crippen molar-refractivity contribution < 1.29 is 22.8 Å². The highest BCUT2D eigenvalue weighted by Crippen LogP contribution is 2.26. The van der Waals surface area contributed by atoms with E-state index in [1.165, 1.54) is 40.8 Å². The minimum atomic E-state index is -3.93. The van der Waals surface area contributed by atoms with Crippen LogP contribution < -0.4 is 16.0 Å². The zero-order valence-corrected chi connectivity index (χ0v) is 25.8. The molecule has 2 aromatic carbocycles. The maximum atomic E-state index is 13.5. The average Bonchev–Trinajstić information content (AvgIpc) is 3.41. The van der Waals surface area contributed by atoms with Crippen LogP contribution in [-0.2, 0) is 14.8 Å². The molecule has 2 heterocycles. The Morgan fingerprint density at radius 1 is 1.09 bits per heavy atom. The molecule has 0 unspecified atom stereocenters. The normalized spacial score (nSPS) is 15.9. The smallest absolute Gasteiger partial charge is 0.271 e. The number of sulfonamides is 1. The van der Waals surface area contributed by atoms with Crippen molar-refractivity contribution in [3.8, 4) is 0 Å². The number of carbonyl (C=O) groups is 3. The van der Waals surface area contributed by atoms with Crippen LogP contribution in [-0.4, -0.2) is 85.3 Å². The third-order valence-electron chi connectivity index (χ3n) is 6.50. The highest BCUT2D eigenvalue weighted by molar-refractivity contribution is 7.89. The van der Waals surface area contributed by atoms with E-state index in [1.54, 1.807) is 24.3 Å². The van der Waals surface area contributed by atoms with Crippen LogP contribution in [0.3, 0.4) is 0 Å². The fourth-order valence-corrected chi connectivity index (χ4v) is 6.57. The number of likely N-dealkylation sites (N-methyl/N-ethyl adjacent to an activating group) is 1. The van der Waals surface area contributed by atoms with Gasteiger partial charge in [0, 0.05) is 37.4 Å². The maximum Gasteiger partial charge on any atom is 0.271 e. The van der Waals surface area contributed by atoms with Gasteiger partial charge >= 0.3 is 0 Å². The van der Waals surface area contributed by atoms with Gasteiger partial charge in [-0.25, -0.2) is 8.42 Å². The molecule has 12 nitrogen and oxygen atoms in total. The minimum Gasteiger partial charge on any atom is -0.347 e. The van der Waals surface area contributed by atoms with Gasteiger partial charge in [0.25, 0.3) is 11.8 Å². The molecule has 1 atom stereocenters. The van der Waals surface area contributed by atoms with Crippen LogP contribution in [0.2, 0.25) is 10.0 Å². The molecule has 3 amide bonds. The van der Waals surface area contributed by atoms with Crippen LogP contribution in [0.1, 0.15) is 33.7 Å². The van der Waals surface area contributed by atoms with Gasteiger partial charge in [0.05, 0.1) is 32.4 Å². The zero-order valence-electron chi connectivity index (χ0n) is 23.4. The third-order valence-corrected chi connectivity index (χ3v) is 8.99. The van der Waals surface area contributed by atoms with Crippen molar-refractivity contribution in [3.05, 3.63) is 82.1 Å². The summed E-state index contributed by atoms with van der Waals surface area (Å²) >= 11 is 12.2. The number of aromatic nitrogens is 2. The second kappa shape index (κ2) is 14.1. The van der Waals surface area contributed by atoms with Gasteiger partial charge in [-0.2, -0.15) is 9.40 Å². The number of nitrogens with one attached hydrogen (secondary N) is 4. The summed E-state index contributed by atoms with van der Waals surface area (Å²) in [5.74, 6) is -1.57. The summed E-state index contributed by atoms with van der Waals surface area (Å²) in [7, 11) is -0.177. The molecule has 15 heteroatoms. The third kappa shape index (κ3) is 8.21. The first-order valence-corrected chi connectivity index (χ1v) is 15.5. The lowest BCUT2D eigenvalue weighted by Crippen LogP contribution is -2.49. The first kappa shape index (κ1) is 32.2. The zero-order chi connectivity index (χ0) is 31.1. The fourth-order valence-electron chi connectivity index (χ4n) is 4.43. The lowest BCUT2D eigenvalue weighted by molar-refractivity contribution is -0.111. The number of amides is 3. The lowest BCUT2D eigenvalue weighted by atomic mass is 10.1. The summed E-state index contributed by atoms with van der Waals surface area (Å²) in [6, 6.07) is 10.2. The standard InChI is InChI=1S/C28H31Cl2N7O5S/c1-36(2)13-6-12-24(38)32-18-7-3-9-20(15-18)43(41,42)37-14-5-8-19(17-37)33-28(40)26-23(16-31-35-26)34-27(39)25-21(29)10-4-11-22(25)30/h3-4,6-7,9-12,15-16,19H,5,8,13-14,17H2,1-2H3,(H,31,35)(H,32,38)(H,33,40)(H,34,39)/t19-/m1/s1. The average molecular weight is 649 g/mol. The number of hydrogen-bond acceptors (Lipinski definition) is 7. The number of H-pyrrole nitrogens is 1. The van der Waals surface area contributed by atoms with Crippen molar-refractivity contribution in [2.45, 2.75) is 23.8 Å². The Hall–Kier alpha value is -3.75. The number of anilines is 2. The Morgan fingerprint density at radius 2 is 1.81 bits per heavy atom. The number of benzene rings is 2. The van der Waals surface area contributed by atoms with Crippen LogP contribution >= 0.6 is 23.2 Å². The molecule has 228 valence electrons. The summed E-state index contributed by atoms with van der Waals surface area (Å²) in [5.41, 5.74) is 0.485. The van der Waals surface area contributed by atoms with Crippen LogP contribution in [0, 0.1) is 0 Å². The monoisotopic (exact) mass is 647 g/mol. The largest absolute Gasteiger partial charge is 0.347 e. The van der Waals surface area contributed by atoms with Gasteiger partial charge in [-0.05, 0) is 57.3 Å². The van der Waals surface area contributed by atoms with Crippen molar-refractivity contribution in [2.24, 2.45) is 0 Å². The van der Waals surface area contributed by atoms with E-state index in [-0.39, 0.29) is 50.9 Å². The molecule has 0 radical (unpaired) electrons. The van der Waals surface area contributed by atoms with Gasteiger partial charge in [-0.3, -0.25) is 19.5 Å². The van der Waals surface area contributed by atoms with Crippen LogP contribution in [0.5, 0.6) is 0 Å². The van der Waals surface area contributed by atoms with E-state index in [1.807, 2.05) is 19.0 Å². The Morgan fingerprint density at radius 3 is 2.53 bits per heavy atom. The predicted molar refractivity (Wildman–Crippen MR) is 165 cm³/mol. The van der Waals surface area contributed by atoms with Gasteiger partial charge in [0.1, 0.15) is 5.69 Å². The molecular weight excluding hydrogens is 617 g/mol. The quantitative estimate of drug-likeness (QED) is 0.245. The molecule has 1 fully saturated rings. The van der Waals surface area contributed by atoms with Crippen LogP contribution in [0.15, 0.2) is 65.7 Å². The molecule has 0 spiro atoms. The summed E-state index contributed by atoms with van der Waals surface area (Å²) < 4.78 is 28.3. The summed E-state index contributed by atoms with van der Waals surface area (Å²) in [5, 5.41) is 14.8. The first-order chi connectivity index (χ1) is 20.5. The highest BCUT2D eigenvalue weighted by Gasteiger charge is 2.32. The van der Waals surface area contributed by atoms with E-state index >= 15 is 0 Å². The number of nitrogens with zero attached hydrogens (tertiary/aromatic N) is 3. The number of rotatable bonds is 10. The molecule has 0 aliphatic carbocycles. The topological polar surface area (TPSA) is 157 Å². The molecule has 43 heavy (non-hydrogen) atoms. The molecule has 0 saturated carbocycles. The molecule has 1 aliphatic rings. The van der Waals surface area contributed by atoms with Crippen LogP contribution in [0.4, 0.5) is 11.4 Å². The van der Waals surface area contributed by atoms with E-state index < -0.39 is 27.9 Å². The molecule has 1 saturated heterocycles. The van der Waals surface area contributed by atoms with Gasteiger partial charge < -0.3 is 20.9 Å². The van der Waals surface area contributed by atoms with Gasteiger partial charge in [-0.15, -0.1) is 0 Å². The first-order valence-electron chi connectivity index (χ1n) is 13.3. The Kier molecular flexibility index (Phi) is 10.6. The summed E-state index contributed by atoms with van der Waals surface area (Å²) in [4.78, 5) is 40.1. The SMILES string of the molecule is CN(C)CC=CC(=O)Nc1cccc(S(=O)(=O)N2CCC[C@@H](NC(=O)c3[nH]ncc3NC(=O)c3c(Cl)cccc3Cl)C2)c1. The van der Waals surface area contributed by atoms with Crippen molar-refractivity contribution in [2.75, 3.05) is 44.4 Å². The van der Waals surface area contributed by atoms with Crippen LogP contribution in [0.25, 0.3) is 0 Å². The number of halogens is 2. The highest BCUT2D eigenvalue weighted by atomic mass is 35.5.